The van der Waals surface area contributed by atoms with Crippen molar-refractivity contribution in [2.45, 2.75) is 6.17 Å². The molecule has 1 aliphatic heterocycles. The van der Waals surface area contributed by atoms with Gasteiger partial charge in [0.2, 0.25) is 0 Å². The number of aliphatic imine (C=N–C) groups is 2. The highest BCUT2D eigenvalue weighted by Crippen LogP contribution is 2.46. The van der Waals surface area contributed by atoms with E-state index in [1.807, 2.05) is 46.9 Å². The lowest BCUT2D eigenvalue weighted by Gasteiger charge is -2.24. The van der Waals surface area contributed by atoms with E-state index in [0.717, 1.165) is 28.4 Å². The van der Waals surface area contributed by atoms with Gasteiger partial charge < -0.3 is 9.88 Å². The molecule has 4 heterocycles. The van der Waals surface area contributed by atoms with Gasteiger partial charge in [0, 0.05) is 67.8 Å². The van der Waals surface area contributed by atoms with Gasteiger partial charge in [0.1, 0.15) is 12.0 Å². The molecule has 0 aliphatic carbocycles. The molecule has 3 aromatic heterocycles. The molecule has 11 aromatic rings. The van der Waals surface area contributed by atoms with Crippen LogP contribution in [0.2, 0.25) is 0 Å². The largest absolute Gasteiger partial charge is 0.344 e. The number of hydrogen-bond donors (Lipinski definition) is 1. The summed E-state index contributed by atoms with van der Waals surface area (Å²) in [5.74, 6) is 1.55. The van der Waals surface area contributed by atoms with Gasteiger partial charge in [-0.2, -0.15) is 0 Å². The molecule has 0 bridgehead atoms. The van der Waals surface area contributed by atoms with Gasteiger partial charge in [-0.3, -0.25) is 0 Å². The Bertz CT molecular complexity index is 3390. The van der Waals surface area contributed by atoms with Crippen molar-refractivity contribution in [2.75, 3.05) is 0 Å². The molecule has 1 atom stereocenters. The smallest absolute Gasteiger partial charge is 0.159 e. The number of hydrogen-bond acceptors (Lipinski definition) is 5. The molecule has 12 rings (SSSR count). The first-order valence-electron chi connectivity index (χ1n) is 19.2. The average molecular weight is 765 g/mol. The van der Waals surface area contributed by atoms with Crippen LogP contribution in [0, 0.1) is 0 Å². The number of benzene rings is 8. The van der Waals surface area contributed by atoms with Gasteiger partial charge >= 0.3 is 0 Å². The molecular formula is C51H32N4S2. The minimum absolute atomic E-state index is 0.305. The summed E-state index contributed by atoms with van der Waals surface area (Å²) in [7, 11) is 0. The molecule has 1 unspecified atom stereocenters. The number of amidine groups is 2. The van der Waals surface area contributed by atoms with Crippen LogP contribution in [-0.4, -0.2) is 16.2 Å². The fourth-order valence-electron chi connectivity index (χ4n) is 8.70. The Morgan fingerprint density at radius 2 is 1.12 bits per heavy atom. The van der Waals surface area contributed by atoms with E-state index in [0.29, 0.717) is 0 Å². The quantitative estimate of drug-likeness (QED) is 0.186. The molecule has 0 radical (unpaired) electrons. The Hall–Kier alpha value is -6.86. The van der Waals surface area contributed by atoms with Crippen molar-refractivity contribution >= 4 is 96.5 Å². The SMILES string of the molecule is c1ccc(C2=NC(c3cccc4c3sc3c(-c5ccc6sc7cccc(-n8c9ccccc9c9ccccc98)c7c6c5)cccc34)NC(c3ccccc3)=N2)cc1. The highest BCUT2D eigenvalue weighted by Gasteiger charge is 2.25. The van der Waals surface area contributed by atoms with Gasteiger partial charge in [-0.15, -0.1) is 22.7 Å². The Balaban J connectivity index is 1.03. The average Bonchev–Trinajstić information content (AvgIpc) is 3.96. The molecule has 0 fully saturated rings. The second-order valence-corrected chi connectivity index (χ2v) is 16.6. The molecule has 268 valence electrons. The molecule has 57 heavy (non-hydrogen) atoms. The third-order valence-electron chi connectivity index (χ3n) is 11.3. The maximum Gasteiger partial charge on any atom is 0.159 e. The van der Waals surface area contributed by atoms with Crippen molar-refractivity contribution in [3.05, 3.63) is 199 Å². The lowest BCUT2D eigenvalue weighted by molar-refractivity contribution is 0.680. The van der Waals surface area contributed by atoms with Crippen LogP contribution in [0.15, 0.2) is 192 Å². The third kappa shape index (κ3) is 5.11. The van der Waals surface area contributed by atoms with E-state index in [1.165, 1.54) is 79.0 Å². The van der Waals surface area contributed by atoms with E-state index in [4.69, 9.17) is 9.98 Å². The van der Waals surface area contributed by atoms with Crippen LogP contribution < -0.4 is 5.32 Å². The normalized spacial score (nSPS) is 14.5. The summed E-state index contributed by atoms with van der Waals surface area (Å²) in [6.45, 7) is 0. The molecule has 0 saturated heterocycles. The van der Waals surface area contributed by atoms with E-state index in [1.54, 1.807) is 0 Å². The van der Waals surface area contributed by atoms with E-state index in [9.17, 15) is 0 Å². The number of nitrogens with zero attached hydrogens (tertiary/aromatic N) is 3. The summed E-state index contributed by atoms with van der Waals surface area (Å²) in [5.41, 5.74) is 9.31. The Morgan fingerprint density at radius 1 is 0.474 bits per heavy atom. The first-order chi connectivity index (χ1) is 28.3. The van der Waals surface area contributed by atoms with Crippen molar-refractivity contribution in [1.29, 1.82) is 0 Å². The fraction of sp³-hybridized carbons (Fsp3) is 0.0196. The molecule has 0 spiro atoms. The first-order valence-corrected chi connectivity index (χ1v) is 20.8. The van der Waals surface area contributed by atoms with Gasteiger partial charge in [-0.05, 0) is 47.5 Å². The standard InChI is InChI=1S/C51H32N4S2/c1-3-14-31(15-4-1)49-52-50(32-16-5-2-6-17-32)54-51(53-49)39-23-12-22-38-37-21-11-20-34(47(37)57-48(38)39)33-28-29-44-40(30-33)46-43(26-13-27-45(46)56-44)55-41-24-9-7-18-35(41)36-19-8-10-25-42(36)55/h1-30,51H,(H,52,53,54). The molecular weight excluding hydrogens is 733 g/mol. The zero-order chi connectivity index (χ0) is 37.5. The number of thiophene rings is 2. The summed E-state index contributed by atoms with van der Waals surface area (Å²) in [6, 6.07) is 65.4. The predicted octanol–water partition coefficient (Wildman–Crippen LogP) is 13.7. The summed E-state index contributed by atoms with van der Waals surface area (Å²) in [6.07, 6.45) is -0.305. The second-order valence-electron chi connectivity index (χ2n) is 14.5. The number of aromatic nitrogens is 1. The zero-order valence-electron chi connectivity index (χ0n) is 30.6. The monoisotopic (exact) mass is 764 g/mol. The van der Waals surface area contributed by atoms with Gasteiger partial charge in [0.15, 0.2) is 5.84 Å². The topological polar surface area (TPSA) is 41.7 Å². The van der Waals surface area contributed by atoms with Crippen LogP contribution in [0.3, 0.4) is 0 Å². The van der Waals surface area contributed by atoms with E-state index in [-0.39, 0.29) is 6.17 Å². The fourth-order valence-corrected chi connectivity index (χ4v) is 11.2. The molecule has 6 heteroatoms. The maximum absolute atomic E-state index is 5.25. The van der Waals surface area contributed by atoms with Crippen LogP contribution in [0.4, 0.5) is 0 Å². The van der Waals surface area contributed by atoms with Crippen LogP contribution in [0.25, 0.3) is 79.0 Å². The number of nitrogens with one attached hydrogen (secondary N) is 1. The van der Waals surface area contributed by atoms with Crippen LogP contribution >= 0.6 is 22.7 Å². The van der Waals surface area contributed by atoms with Crippen molar-refractivity contribution in [2.24, 2.45) is 9.98 Å². The predicted molar refractivity (Wildman–Crippen MR) is 244 cm³/mol. The van der Waals surface area contributed by atoms with Crippen molar-refractivity contribution < 1.29 is 0 Å². The minimum atomic E-state index is -0.305. The highest BCUT2D eigenvalue weighted by molar-refractivity contribution is 7.26. The van der Waals surface area contributed by atoms with Gasteiger partial charge in [-0.25, -0.2) is 9.98 Å². The van der Waals surface area contributed by atoms with E-state index in [2.05, 4.69) is 168 Å². The van der Waals surface area contributed by atoms with Crippen LogP contribution in [-0.2, 0) is 0 Å². The Kier molecular flexibility index (Phi) is 7.30. The minimum Gasteiger partial charge on any atom is -0.344 e. The van der Waals surface area contributed by atoms with Gasteiger partial charge in [0.25, 0.3) is 0 Å². The van der Waals surface area contributed by atoms with Crippen LogP contribution in [0.1, 0.15) is 22.9 Å². The van der Waals surface area contributed by atoms with E-state index < -0.39 is 0 Å². The Morgan fingerprint density at radius 3 is 1.89 bits per heavy atom. The number of fused-ring (bicyclic) bond motifs is 9. The number of para-hydroxylation sites is 2. The third-order valence-corrected chi connectivity index (χ3v) is 13.7. The summed E-state index contributed by atoms with van der Waals surface area (Å²) in [5, 5.41) is 11.3. The Labute approximate surface area is 336 Å². The molecule has 0 saturated carbocycles. The van der Waals surface area contributed by atoms with Crippen molar-refractivity contribution in [1.82, 2.24) is 9.88 Å². The number of rotatable bonds is 5. The highest BCUT2D eigenvalue weighted by atomic mass is 32.1. The van der Waals surface area contributed by atoms with E-state index >= 15 is 0 Å². The van der Waals surface area contributed by atoms with Crippen molar-refractivity contribution in [3.63, 3.8) is 0 Å². The zero-order valence-corrected chi connectivity index (χ0v) is 32.2. The molecule has 4 nitrogen and oxygen atoms in total. The van der Waals surface area contributed by atoms with Crippen molar-refractivity contribution in [3.8, 4) is 16.8 Å². The maximum atomic E-state index is 5.25. The first kappa shape index (κ1) is 32.4. The molecule has 8 aromatic carbocycles. The summed E-state index contributed by atoms with van der Waals surface area (Å²) < 4.78 is 7.55. The summed E-state index contributed by atoms with van der Waals surface area (Å²) in [4.78, 5) is 10.3. The van der Waals surface area contributed by atoms with Crippen LogP contribution in [0.5, 0.6) is 0 Å². The summed E-state index contributed by atoms with van der Waals surface area (Å²) >= 11 is 3.73. The molecule has 1 N–H and O–H groups in total. The lowest BCUT2D eigenvalue weighted by Crippen LogP contribution is -2.33. The lowest BCUT2D eigenvalue weighted by atomic mass is 9.99. The molecule has 0 amide bonds. The van der Waals surface area contributed by atoms with Gasteiger partial charge in [-0.1, -0.05) is 146 Å². The molecule has 1 aliphatic rings. The van der Waals surface area contributed by atoms with Gasteiger partial charge in [0.05, 0.1) is 16.7 Å². The second kappa shape index (κ2) is 12.8.